The van der Waals surface area contributed by atoms with Crippen molar-refractivity contribution in [3.05, 3.63) is 89.0 Å². The third-order valence-electron chi connectivity index (χ3n) is 6.53. The van der Waals surface area contributed by atoms with E-state index in [1.54, 1.807) is 4.90 Å². The summed E-state index contributed by atoms with van der Waals surface area (Å²) in [6.45, 7) is 0.736. The largest absolute Gasteiger partial charge is 0.497 e. The maximum atomic E-state index is 13.2. The number of nitrogens with one attached hydrogen (secondary N) is 1. The van der Waals surface area contributed by atoms with Crippen molar-refractivity contribution in [2.24, 2.45) is 5.73 Å². The number of benzene rings is 3. The molecule has 3 aromatic rings. The van der Waals surface area contributed by atoms with Crippen LogP contribution in [-0.4, -0.2) is 30.5 Å². The Kier molecular flexibility index (Phi) is 7.71. The number of rotatable bonds is 7. The quantitative estimate of drug-likeness (QED) is 0.442. The van der Waals surface area contributed by atoms with E-state index in [2.05, 4.69) is 5.32 Å². The summed E-state index contributed by atoms with van der Waals surface area (Å²) in [6.07, 6.45) is -3.37. The molecule has 4 rings (SSSR count). The molecule has 37 heavy (non-hydrogen) atoms. The Labute approximate surface area is 213 Å². The van der Waals surface area contributed by atoms with E-state index in [4.69, 9.17) is 10.5 Å². The number of carbonyl (C=O) groups excluding carboxylic acids is 2. The molecule has 6 nitrogen and oxygen atoms in total. The molecule has 1 atom stereocenters. The molecule has 0 saturated carbocycles. The van der Waals surface area contributed by atoms with E-state index in [1.807, 2.05) is 42.5 Å². The number of urea groups is 1. The van der Waals surface area contributed by atoms with Gasteiger partial charge in [-0.3, -0.25) is 4.79 Å². The maximum Gasteiger partial charge on any atom is 0.416 e. The zero-order chi connectivity index (χ0) is 26.6. The lowest BCUT2D eigenvalue weighted by molar-refractivity contribution is -0.137. The molecule has 0 radical (unpaired) electrons. The fourth-order valence-electron chi connectivity index (χ4n) is 4.59. The summed E-state index contributed by atoms with van der Waals surface area (Å²) in [5, 5.41) is 3.03. The average molecular weight is 512 g/mol. The third-order valence-corrected chi connectivity index (χ3v) is 6.53. The van der Waals surface area contributed by atoms with Gasteiger partial charge in [0.15, 0.2) is 0 Å². The molecule has 0 spiro atoms. The summed E-state index contributed by atoms with van der Waals surface area (Å²) < 4.78 is 44.5. The van der Waals surface area contributed by atoms with Crippen LogP contribution < -0.4 is 15.8 Å². The van der Waals surface area contributed by atoms with Crippen LogP contribution >= 0.6 is 0 Å². The summed E-state index contributed by atoms with van der Waals surface area (Å²) >= 11 is 0. The van der Waals surface area contributed by atoms with E-state index in [0.717, 1.165) is 34.4 Å². The normalized spacial score (nSPS) is 14.0. The summed E-state index contributed by atoms with van der Waals surface area (Å²) in [4.78, 5) is 26.3. The number of methoxy groups -OCH3 is 1. The number of carbonyl (C=O) groups is 2. The van der Waals surface area contributed by atoms with Crippen LogP contribution in [0.5, 0.6) is 5.75 Å². The van der Waals surface area contributed by atoms with E-state index >= 15 is 0 Å². The zero-order valence-electron chi connectivity index (χ0n) is 20.3. The molecule has 1 aliphatic rings. The first-order chi connectivity index (χ1) is 17.7. The molecule has 194 valence electrons. The van der Waals surface area contributed by atoms with Gasteiger partial charge in [-0.2, -0.15) is 13.2 Å². The Morgan fingerprint density at radius 3 is 2.41 bits per heavy atom. The van der Waals surface area contributed by atoms with Gasteiger partial charge in [0.25, 0.3) is 0 Å². The van der Waals surface area contributed by atoms with Gasteiger partial charge in [-0.25, -0.2) is 4.79 Å². The SMILES string of the molecule is COc1cc2c(c(-c3ccc(C(F)(F)F)cc3)c1)CCN(C(=O)N[C@@H](CCC(N)=O)c1ccccc1)C2. The fourth-order valence-corrected chi connectivity index (χ4v) is 4.59. The maximum absolute atomic E-state index is 13.2. The molecule has 3 amide bonds. The molecule has 3 aromatic carbocycles. The lowest BCUT2D eigenvalue weighted by Crippen LogP contribution is -2.44. The topological polar surface area (TPSA) is 84.7 Å². The Balaban J connectivity index is 1.56. The first-order valence-corrected chi connectivity index (χ1v) is 11.9. The van der Waals surface area contributed by atoms with Gasteiger partial charge >= 0.3 is 12.2 Å². The van der Waals surface area contributed by atoms with Crippen molar-refractivity contribution >= 4 is 11.9 Å². The van der Waals surface area contributed by atoms with Gasteiger partial charge in [-0.15, -0.1) is 0 Å². The molecular formula is C28H28F3N3O3. The Bertz CT molecular complexity index is 1260. The van der Waals surface area contributed by atoms with E-state index in [9.17, 15) is 22.8 Å². The second kappa shape index (κ2) is 10.9. The van der Waals surface area contributed by atoms with Crippen molar-refractivity contribution in [2.45, 2.75) is 38.0 Å². The molecule has 1 aliphatic heterocycles. The number of ether oxygens (including phenoxy) is 1. The lowest BCUT2D eigenvalue weighted by atomic mass is 9.90. The number of hydrogen-bond donors (Lipinski definition) is 2. The van der Waals surface area contributed by atoms with Gasteiger partial charge in [0.05, 0.1) is 18.7 Å². The van der Waals surface area contributed by atoms with E-state index < -0.39 is 17.6 Å². The van der Waals surface area contributed by atoms with Crippen LogP contribution in [0.15, 0.2) is 66.7 Å². The van der Waals surface area contributed by atoms with Crippen LogP contribution in [0, 0.1) is 0 Å². The smallest absolute Gasteiger partial charge is 0.416 e. The van der Waals surface area contributed by atoms with Crippen molar-refractivity contribution in [3.8, 4) is 16.9 Å². The predicted molar refractivity (Wildman–Crippen MR) is 134 cm³/mol. The van der Waals surface area contributed by atoms with Gasteiger partial charge < -0.3 is 20.7 Å². The standard InChI is InChI=1S/C28H28F3N3O3/c1-37-22-15-20-17-34(27(36)33-25(11-12-26(32)35)19-5-3-2-4-6-19)14-13-23(20)24(16-22)18-7-9-21(10-8-18)28(29,30)31/h2-10,15-16,25H,11-14,17H2,1H3,(H2,32,35)(H,33,36)/t25-/m0/s1. The van der Waals surface area contributed by atoms with Crippen LogP contribution in [0.2, 0.25) is 0 Å². The highest BCUT2D eigenvalue weighted by Crippen LogP contribution is 2.36. The second-order valence-electron chi connectivity index (χ2n) is 8.98. The highest BCUT2D eigenvalue weighted by atomic mass is 19.4. The Morgan fingerprint density at radius 2 is 1.78 bits per heavy atom. The molecule has 9 heteroatoms. The fraction of sp³-hybridized carbons (Fsp3) is 0.286. The van der Waals surface area contributed by atoms with Crippen molar-refractivity contribution in [2.75, 3.05) is 13.7 Å². The van der Waals surface area contributed by atoms with Crippen LogP contribution in [0.1, 0.15) is 41.1 Å². The van der Waals surface area contributed by atoms with Crippen molar-refractivity contribution in [3.63, 3.8) is 0 Å². The Morgan fingerprint density at radius 1 is 1.08 bits per heavy atom. The van der Waals surface area contributed by atoms with E-state index in [1.165, 1.54) is 19.2 Å². The number of alkyl halides is 3. The third kappa shape index (κ3) is 6.22. The second-order valence-corrected chi connectivity index (χ2v) is 8.98. The van der Waals surface area contributed by atoms with Gasteiger partial charge in [0.1, 0.15) is 5.75 Å². The monoisotopic (exact) mass is 511 g/mol. The number of halogens is 3. The zero-order valence-corrected chi connectivity index (χ0v) is 20.3. The summed E-state index contributed by atoms with van der Waals surface area (Å²) in [6, 6.07) is 17.4. The molecule has 0 aromatic heterocycles. The van der Waals surface area contributed by atoms with Crippen molar-refractivity contribution in [1.82, 2.24) is 10.2 Å². The summed E-state index contributed by atoms with van der Waals surface area (Å²) in [7, 11) is 1.52. The first-order valence-electron chi connectivity index (χ1n) is 11.9. The molecule has 0 saturated heterocycles. The first kappa shape index (κ1) is 26.1. The minimum absolute atomic E-state index is 0.135. The number of hydrogen-bond acceptors (Lipinski definition) is 3. The lowest BCUT2D eigenvalue weighted by Gasteiger charge is -2.32. The van der Waals surface area contributed by atoms with Gasteiger partial charge in [-0.1, -0.05) is 42.5 Å². The number of fused-ring (bicyclic) bond motifs is 1. The van der Waals surface area contributed by atoms with Gasteiger partial charge in [0, 0.05) is 19.5 Å². The van der Waals surface area contributed by atoms with Gasteiger partial charge in [-0.05, 0) is 64.9 Å². The number of nitrogens with zero attached hydrogens (tertiary/aromatic N) is 1. The highest BCUT2D eigenvalue weighted by Gasteiger charge is 2.30. The molecule has 1 heterocycles. The number of nitrogens with two attached hydrogens (primary N) is 1. The van der Waals surface area contributed by atoms with E-state index in [0.29, 0.717) is 37.2 Å². The predicted octanol–water partition coefficient (Wildman–Crippen LogP) is 5.46. The molecule has 0 fully saturated rings. The minimum Gasteiger partial charge on any atom is -0.497 e. The van der Waals surface area contributed by atoms with Crippen LogP contribution in [-0.2, 0) is 23.9 Å². The molecular weight excluding hydrogens is 483 g/mol. The number of amides is 3. The number of primary amides is 1. The Hall–Kier alpha value is -4.01. The van der Waals surface area contributed by atoms with E-state index in [-0.39, 0.29) is 18.5 Å². The molecule has 0 aliphatic carbocycles. The van der Waals surface area contributed by atoms with Crippen LogP contribution in [0.3, 0.4) is 0 Å². The van der Waals surface area contributed by atoms with Crippen molar-refractivity contribution in [1.29, 1.82) is 0 Å². The van der Waals surface area contributed by atoms with Crippen LogP contribution in [0.4, 0.5) is 18.0 Å². The average Bonchev–Trinajstić information content (AvgIpc) is 2.89. The van der Waals surface area contributed by atoms with Crippen molar-refractivity contribution < 1.29 is 27.5 Å². The molecule has 3 N–H and O–H groups in total. The molecule has 0 bridgehead atoms. The highest BCUT2D eigenvalue weighted by molar-refractivity contribution is 5.77. The van der Waals surface area contributed by atoms with Crippen LogP contribution in [0.25, 0.3) is 11.1 Å². The molecule has 0 unspecified atom stereocenters. The minimum atomic E-state index is -4.41. The summed E-state index contributed by atoms with van der Waals surface area (Å²) in [5.74, 6) is 0.115. The summed E-state index contributed by atoms with van der Waals surface area (Å²) in [5.41, 5.74) is 8.77. The van der Waals surface area contributed by atoms with Gasteiger partial charge in [0.2, 0.25) is 5.91 Å².